The van der Waals surface area contributed by atoms with Crippen molar-refractivity contribution in [3.63, 3.8) is 0 Å². The van der Waals surface area contributed by atoms with Gasteiger partial charge in [-0.05, 0) is 0 Å². The van der Waals surface area contributed by atoms with E-state index in [-0.39, 0.29) is 0 Å². The maximum absolute atomic E-state index is 10.5. The molecule has 2 amide bonds. The molecule has 0 fully saturated rings. The van der Waals surface area contributed by atoms with Crippen molar-refractivity contribution in [3.8, 4) is 0 Å². The van der Waals surface area contributed by atoms with E-state index in [2.05, 4.69) is 13.2 Å². The van der Waals surface area contributed by atoms with Gasteiger partial charge in [-0.3, -0.25) is 9.59 Å². The van der Waals surface area contributed by atoms with Gasteiger partial charge >= 0.3 is 0 Å². The van der Waals surface area contributed by atoms with Crippen LogP contribution in [0.4, 0.5) is 0 Å². The summed E-state index contributed by atoms with van der Waals surface area (Å²) < 4.78 is 0. The number of hydrogen-bond donors (Lipinski definition) is 4. The van der Waals surface area contributed by atoms with E-state index in [9.17, 15) is 19.8 Å². The predicted octanol–water partition coefficient (Wildman–Crippen LogP) is -2.21. The highest BCUT2D eigenvalue weighted by molar-refractivity contribution is 5.95. The van der Waals surface area contributed by atoms with E-state index in [1.165, 1.54) is 0 Å². The smallest absolute Gasteiger partial charge is 0.246 e. The number of hydrogen-bond acceptors (Lipinski definition) is 4. The lowest BCUT2D eigenvalue weighted by Crippen LogP contribution is -2.37. The Morgan fingerprint density at radius 2 is 1.14 bits per heavy atom. The fourth-order valence-corrected chi connectivity index (χ4v) is 0.673. The van der Waals surface area contributed by atoms with E-state index in [1.807, 2.05) is 0 Å². The van der Waals surface area contributed by atoms with Gasteiger partial charge < -0.3 is 21.7 Å². The SMILES string of the molecule is C=C(C(N)=O)C(O)C(O)C(=C)C(N)=O. The summed E-state index contributed by atoms with van der Waals surface area (Å²) in [5.41, 5.74) is 8.76. The van der Waals surface area contributed by atoms with Crippen LogP contribution in [0.5, 0.6) is 0 Å². The first-order valence-corrected chi connectivity index (χ1v) is 3.62. The molecule has 0 aromatic rings. The van der Waals surface area contributed by atoms with Crippen LogP contribution in [0.3, 0.4) is 0 Å². The number of primary amides is 2. The molecule has 0 aromatic heterocycles. The van der Waals surface area contributed by atoms with Gasteiger partial charge in [0.2, 0.25) is 11.8 Å². The van der Waals surface area contributed by atoms with Gasteiger partial charge in [0.1, 0.15) is 12.2 Å². The fourth-order valence-electron chi connectivity index (χ4n) is 0.673. The summed E-state index contributed by atoms with van der Waals surface area (Å²) in [6.45, 7) is 6.28. The molecule has 0 saturated heterocycles. The van der Waals surface area contributed by atoms with Crippen LogP contribution < -0.4 is 11.5 Å². The largest absolute Gasteiger partial charge is 0.385 e. The summed E-state index contributed by atoms with van der Waals surface area (Å²) >= 11 is 0. The Hall–Kier alpha value is -1.66. The molecule has 0 rings (SSSR count). The van der Waals surface area contributed by atoms with E-state index >= 15 is 0 Å². The van der Waals surface area contributed by atoms with Crippen molar-refractivity contribution >= 4 is 11.8 Å². The summed E-state index contributed by atoms with van der Waals surface area (Å²) in [5, 5.41) is 18.5. The zero-order chi connectivity index (χ0) is 11.5. The number of carbonyl (C=O) groups is 2. The minimum atomic E-state index is -1.67. The molecule has 0 saturated carbocycles. The van der Waals surface area contributed by atoms with Crippen molar-refractivity contribution in [2.24, 2.45) is 11.5 Å². The Morgan fingerprint density at radius 1 is 0.929 bits per heavy atom. The average Bonchev–Trinajstić information content (AvgIpc) is 2.12. The third-order valence-electron chi connectivity index (χ3n) is 1.65. The molecular weight excluding hydrogens is 188 g/mol. The molecule has 14 heavy (non-hydrogen) atoms. The number of rotatable bonds is 5. The molecule has 0 spiro atoms. The minimum absolute atomic E-state index is 0.417. The molecule has 6 N–H and O–H groups in total. The average molecular weight is 200 g/mol. The third kappa shape index (κ3) is 2.68. The van der Waals surface area contributed by atoms with Crippen molar-refractivity contribution in [3.05, 3.63) is 24.3 Å². The second-order valence-corrected chi connectivity index (χ2v) is 2.67. The summed E-state index contributed by atoms with van der Waals surface area (Å²) in [6, 6.07) is 0. The molecule has 0 aliphatic rings. The van der Waals surface area contributed by atoms with Gasteiger partial charge in [-0.2, -0.15) is 0 Å². The molecular formula is C8H12N2O4. The van der Waals surface area contributed by atoms with Crippen LogP contribution in [0.15, 0.2) is 24.3 Å². The van der Waals surface area contributed by atoms with Gasteiger partial charge in [-0.25, -0.2) is 0 Å². The van der Waals surface area contributed by atoms with Gasteiger partial charge in [0.25, 0.3) is 0 Å². The highest BCUT2D eigenvalue weighted by Gasteiger charge is 2.26. The van der Waals surface area contributed by atoms with Gasteiger partial charge in [0.05, 0.1) is 0 Å². The Morgan fingerprint density at radius 3 is 1.29 bits per heavy atom. The fraction of sp³-hybridized carbons (Fsp3) is 0.250. The highest BCUT2D eigenvalue weighted by Crippen LogP contribution is 2.10. The first-order chi connectivity index (χ1) is 6.29. The minimum Gasteiger partial charge on any atom is -0.385 e. The molecule has 0 aromatic carbocycles. The van der Waals surface area contributed by atoms with Crippen LogP contribution >= 0.6 is 0 Å². The van der Waals surface area contributed by atoms with Crippen LogP contribution in [0.1, 0.15) is 0 Å². The lowest BCUT2D eigenvalue weighted by atomic mass is 10.00. The summed E-state index contributed by atoms with van der Waals surface area (Å²) in [6.07, 6.45) is -3.35. The Bertz CT molecular complexity index is 268. The molecule has 78 valence electrons. The highest BCUT2D eigenvalue weighted by atomic mass is 16.3. The Labute approximate surface area is 80.5 Å². The van der Waals surface area contributed by atoms with Crippen molar-refractivity contribution < 1.29 is 19.8 Å². The summed E-state index contributed by atoms with van der Waals surface area (Å²) in [4.78, 5) is 21.1. The van der Waals surface area contributed by atoms with Crippen molar-refractivity contribution in [1.82, 2.24) is 0 Å². The van der Waals surface area contributed by atoms with E-state index in [4.69, 9.17) is 11.5 Å². The lowest BCUT2D eigenvalue weighted by Gasteiger charge is -2.18. The molecule has 0 radical (unpaired) electrons. The third-order valence-corrected chi connectivity index (χ3v) is 1.65. The van der Waals surface area contributed by atoms with Crippen LogP contribution in [-0.4, -0.2) is 34.2 Å². The standard InChI is InChI=1S/C8H12N2O4/c1-3(7(9)13)5(11)6(12)4(2)8(10)14/h5-6,11-12H,1-2H2,(H2,9,13)(H2,10,14). The monoisotopic (exact) mass is 200 g/mol. The van der Waals surface area contributed by atoms with Crippen molar-refractivity contribution in [2.45, 2.75) is 12.2 Å². The topological polar surface area (TPSA) is 127 Å². The van der Waals surface area contributed by atoms with E-state index in [0.29, 0.717) is 0 Å². The number of carbonyl (C=O) groups excluding carboxylic acids is 2. The Kier molecular flexibility index (Phi) is 4.00. The lowest BCUT2D eigenvalue weighted by molar-refractivity contribution is -0.118. The molecule has 0 bridgehead atoms. The number of amides is 2. The van der Waals surface area contributed by atoms with Crippen LogP contribution in [0.2, 0.25) is 0 Å². The molecule has 0 aliphatic heterocycles. The zero-order valence-corrected chi connectivity index (χ0v) is 7.43. The summed E-state index contributed by atoms with van der Waals surface area (Å²) in [5.74, 6) is -1.96. The van der Waals surface area contributed by atoms with Crippen LogP contribution in [0, 0.1) is 0 Å². The predicted molar refractivity (Wildman–Crippen MR) is 48.7 cm³/mol. The Balaban J connectivity index is 4.62. The van der Waals surface area contributed by atoms with Gasteiger partial charge in [0, 0.05) is 11.1 Å². The van der Waals surface area contributed by atoms with E-state index in [0.717, 1.165) is 0 Å². The van der Waals surface area contributed by atoms with Gasteiger partial charge in [0.15, 0.2) is 0 Å². The zero-order valence-electron chi connectivity index (χ0n) is 7.43. The maximum atomic E-state index is 10.5. The number of aliphatic hydroxyl groups is 2. The maximum Gasteiger partial charge on any atom is 0.246 e. The molecule has 2 unspecified atom stereocenters. The van der Waals surface area contributed by atoms with E-state index < -0.39 is 35.2 Å². The second-order valence-electron chi connectivity index (χ2n) is 2.67. The number of nitrogens with two attached hydrogens (primary N) is 2. The first-order valence-electron chi connectivity index (χ1n) is 3.62. The first kappa shape index (κ1) is 12.3. The second kappa shape index (κ2) is 4.54. The normalized spacial score (nSPS) is 14.1. The molecule has 2 atom stereocenters. The summed E-state index contributed by atoms with van der Waals surface area (Å²) in [7, 11) is 0. The van der Waals surface area contributed by atoms with Gasteiger partial charge in [-0.15, -0.1) is 0 Å². The molecule has 6 nitrogen and oxygen atoms in total. The molecule has 6 heteroatoms. The molecule has 0 aliphatic carbocycles. The van der Waals surface area contributed by atoms with Crippen LogP contribution in [-0.2, 0) is 9.59 Å². The number of aliphatic hydroxyl groups excluding tert-OH is 2. The van der Waals surface area contributed by atoms with Crippen molar-refractivity contribution in [2.75, 3.05) is 0 Å². The van der Waals surface area contributed by atoms with Crippen LogP contribution in [0.25, 0.3) is 0 Å². The molecule has 0 heterocycles. The quantitative estimate of drug-likeness (QED) is 0.375. The van der Waals surface area contributed by atoms with Gasteiger partial charge in [-0.1, -0.05) is 13.2 Å². The van der Waals surface area contributed by atoms with Crippen molar-refractivity contribution in [1.29, 1.82) is 0 Å². The van der Waals surface area contributed by atoms with E-state index in [1.54, 1.807) is 0 Å².